The fourth-order valence-electron chi connectivity index (χ4n) is 5.90. The Morgan fingerprint density at radius 1 is 1.07 bits per heavy atom. The van der Waals surface area contributed by atoms with E-state index in [1.807, 2.05) is 0 Å². The number of nitrogens with two attached hydrogens (primary N) is 4. The maximum atomic E-state index is 12.9. The largest absolute Gasteiger partial charge is 0.393 e. The van der Waals surface area contributed by atoms with Gasteiger partial charge in [-0.05, 0) is 33.2 Å². The van der Waals surface area contributed by atoms with Crippen LogP contribution in [0.2, 0.25) is 0 Å². The van der Waals surface area contributed by atoms with Crippen molar-refractivity contribution in [1.29, 1.82) is 0 Å². The summed E-state index contributed by atoms with van der Waals surface area (Å²) in [5.74, 6) is -1.04. The molecule has 19 nitrogen and oxygen atoms in total. The summed E-state index contributed by atoms with van der Waals surface area (Å²) in [4.78, 5) is 16.9. The quantitative estimate of drug-likeness (QED) is 0.0604. The molecule has 15 atom stereocenters. The van der Waals surface area contributed by atoms with E-state index in [-0.39, 0.29) is 38.4 Å². The van der Waals surface area contributed by atoms with Gasteiger partial charge in [0.05, 0.1) is 50.1 Å². The van der Waals surface area contributed by atoms with Crippen molar-refractivity contribution in [1.82, 2.24) is 10.6 Å². The Morgan fingerprint density at radius 2 is 1.74 bits per heavy atom. The van der Waals surface area contributed by atoms with Crippen molar-refractivity contribution < 1.29 is 59.5 Å². The highest BCUT2D eigenvalue weighted by molar-refractivity contribution is 5.84. The van der Waals surface area contributed by atoms with Crippen molar-refractivity contribution in [2.24, 2.45) is 27.9 Å². The van der Waals surface area contributed by atoms with E-state index in [1.54, 1.807) is 7.05 Å². The van der Waals surface area contributed by atoms with Gasteiger partial charge >= 0.3 is 0 Å². The van der Waals surface area contributed by atoms with Crippen molar-refractivity contribution in [3.63, 3.8) is 0 Å². The van der Waals surface area contributed by atoms with E-state index in [9.17, 15) is 35.4 Å². The maximum Gasteiger partial charge on any atom is 0.249 e. The van der Waals surface area contributed by atoms with Gasteiger partial charge in [0, 0.05) is 19.0 Å². The molecule has 17 N–H and O–H groups in total. The SMILES string of the molecule is CN[C@@H]1[C@@H](O)[C@@H](O[C@@H]2[C@@H](O)[C@H](O[C@H]3O[C@H](CN=C(N)C(O)CO)CC[C@H]3N)[C@@H](N)C[C@H]2NC(=O)[C@@H](O)C[C@@H](O)CN)OC[C@]1(C)O. The van der Waals surface area contributed by atoms with Gasteiger partial charge in [0.2, 0.25) is 5.91 Å². The molecular weight excluding hydrogens is 614 g/mol. The lowest BCUT2D eigenvalue weighted by Crippen LogP contribution is -2.69. The minimum Gasteiger partial charge on any atom is -0.393 e. The summed E-state index contributed by atoms with van der Waals surface area (Å²) in [6, 6.07) is -3.45. The number of nitrogens with one attached hydrogen (secondary N) is 2. The van der Waals surface area contributed by atoms with Gasteiger partial charge in [0.1, 0.15) is 48.1 Å². The monoisotopic (exact) mass is 667 g/mol. The van der Waals surface area contributed by atoms with Gasteiger partial charge < -0.3 is 88.3 Å². The number of amidine groups is 1. The predicted molar refractivity (Wildman–Crippen MR) is 161 cm³/mol. The highest BCUT2D eigenvalue weighted by atomic mass is 16.7. The van der Waals surface area contributed by atoms with Crippen LogP contribution in [0.3, 0.4) is 0 Å². The molecule has 3 fully saturated rings. The van der Waals surface area contributed by atoms with Crippen LogP contribution >= 0.6 is 0 Å². The molecule has 0 aromatic carbocycles. The number of aliphatic imine (C=N–C) groups is 1. The zero-order valence-electron chi connectivity index (χ0n) is 26.2. The lowest BCUT2D eigenvalue weighted by molar-refractivity contribution is -0.307. The van der Waals surface area contributed by atoms with Crippen LogP contribution in [0.1, 0.15) is 32.6 Å². The Kier molecular flexibility index (Phi) is 14.4. The molecule has 19 heteroatoms. The molecule has 3 rings (SSSR count). The first-order valence-electron chi connectivity index (χ1n) is 15.4. The smallest absolute Gasteiger partial charge is 0.249 e. The summed E-state index contributed by atoms with van der Waals surface area (Å²) < 4.78 is 23.8. The van der Waals surface area contributed by atoms with Crippen molar-refractivity contribution in [3.05, 3.63) is 0 Å². The Bertz CT molecular complexity index is 999. The minimum absolute atomic E-state index is 0.0362. The molecule has 2 saturated heterocycles. The Balaban J connectivity index is 1.80. The lowest BCUT2D eigenvalue weighted by atomic mass is 9.83. The number of carbonyl (C=O) groups is 1. The average molecular weight is 668 g/mol. The second-order valence-electron chi connectivity index (χ2n) is 12.5. The normalized spacial score (nSPS) is 41.0. The molecule has 1 aliphatic carbocycles. The Hall–Kier alpha value is -1.66. The first-order chi connectivity index (χ1) is 21.6. The molecule has 2 heterocycles. The van der Waals surface area contributed by atoms with Crippen molar-refractivity contribution >= 4 is 11.7 Å². The third-order valence-corrected chi connectivity index (χ3v) is 8.63. The van der Waals surface area contributed by atoms with Crippen LogP contribution in [0.4, 0.5) is 0 Å². The second kappa shape index (κ2) is 17.1. The molecule has 268 valence electrons. The summed E-state index contributed by atoms with van der Waals surface area (Å²) in [6.45, 7) is 0.520. The molecule has 1 amide bonds. The molecule has 1 saturated carbocycles. The number of ether oxygens (including phenoxy) is 4. The molecule has 2 aliphatic heterocycles. The van der Waals surface area contributed by atoms with Gasteiger partial charge in [-0.15, -0.1) is 0 Å². The van der Waals surface area contributed by atoms with E-state index in [0.29, 0.717) is 12.8 Å². The molecule has 0 spiro atoms. The lowest BCUT2D eigenvalue weighted by Gasteiger charge is -2.49. The van der Waals surface area contributed by atoms with Gasteiger partial charge in [0.15, 0.2) is 12.6 Å². The fourth-order valence-corrected chi connectivity index (χ4v) is 5.90. The molecular formula is C27H53N7O12. The van der Waals surface area contributed by atoms with E-state index in [1.165, 1.54) is 6.92 Å². The van der Waals surface area contributed by atoms with Gasteiger partial charge in [-0.25, -0.2) is 0 Å². The predicted octanol–water partition coefficient (Wildman–Crippen LogP) is -7.00. The zero-order valence-corrected chi connectivity index (χ0v) is 26.2. The first kappa shape index (κ1) is 38.8. The van der Waals surface area contributed by atoms with E-state index < -0.39 is 104 Å². The standard InChI is InChI=1S/C27H53N7O12/c1-27(42)10-43-26(19(40)22(27)32-2)46-21-15(34-24(41)16(37)5-11(36)7-28)6-14(30)20(18(21)39)45-25-13(29)4-3-12(44-25)8-33-23(31)17(38)9-35/h11-22,25-26,32,35-40,42H,3-10,28-30H2,1-2H3,(H2,31,33)(H,34,41)/t11-,12+,13-,14+,15-,16+,17?,18+,19-,20-,21+,22-,25-,26-,27+/m1/s1. The minimum atomic E-state index is -1.64. The van der Waals surface area contributed by atoms with Crippen LogP contribution in [0.25, 0.3) is 0 Å². The van der Waals surface area contributed by atoms with Crippen LogP contribution in [0.5, 0.6) is 0 Å². The number of aliphatic hydroxyl groups excluding tert-OH is 6. The highest BCUT2D eigenvalue weighted by Gasteiger charge is 2.52. The number of carbonyl (C=O) groups excluding carboxylic acids is 1. The number of hydrogen-bond donors (Lipinski definition) is 13. The van der Waals surface area contributed by atoms with Crippen LogP contribution in [-0.2, 0) is 23.7 Å². The third-order valence-electron chi connectivity index (χ3n) is 8.63. The van der Waals surface area contributed by atoms with Crippen molar-refractivity contribution in [3.8, 4) is 0 Å². The van der Waals surface area contributed by atoms with E-state index in [0.717, 1.165) is 0 Å². The van der Waals surface area contributed by atoms with Gasteiger partial charge in [-0.2, -0.15) is 0 Å². The van der Waals surface area contributed by atoms with E-state index in [2.05, 4.69) is 15.6 Å². The molecule has 1 unspecified atom stereocenters. The van der Waals surface area contributed by atoms with E-state index in [4.69, 9.17) is 47.0 Å². The molecule has 0 radical (unpaired) electrons. The summed E-state index contributed by atoms with van der Waals surface area (Å²) in [5, 5.41) is 77.5. The first-order valence-corrected chi connectivity index (χ1v) is 15.4. The van der Waals surface area contributed by atoms with Gasteiger partial charge in [-0.1, -0.05) is 0 Å². The number of aliphatic hydroxyl groups is 7. The average Bonchev–Trinajstić information content (AvgIpc) is 3.01. The maximum absolute atomic E-state index is 12.9. The number of hydrogen-bond acceptors (Lipinski definition) is 17. The number of rotatable bonds is 14. The number of amides is 1. The van der Waals surface area contributed by atoms with Crippen LogP contribution < -0.4 is 33.6 Å². The summed E-state index contributed by atoms with van der Waals surface area (Å²) in [7, 11) is 1.54. The van der Waals surface area contributed by atoms with Crippen LogP contribution in [-0.4, -0.2) is 172 Å². The highest BCUT2D eigenvalue weighted by Crippen LogP contribution is 2.32. The van der Waals surface area contributed by atoms with Crippen LogP contribution in [0.15, 0.2) is 4.99 Å². The van der Waals surface area contributed by atoms with E-state index >= 15 is 0 Å². The zero-order chi connectivity index (χ0) is 34.3. The number of nitrogens with zero attached hydrogens (tertiary/aromatic N) is 1. The van der Waals surface area contributed by atoms with Gasteiger partial charge in [0.25, 0.3) is 0 Å². The molecule has 0 aromatic rings. The Morgan fingerprint density at radius 3 is 2.37 bits per heavy atom. The molecule has 3 aliphatic rings. The third kappa shape index (κ3) is 9.71. The molecule has 46 heavy (non-hydrogen) atoms. The second-order valence-corrected chi connectivity index (χ2v) is 12.5. The van der Waals surface area contributed by atoms with Crippen molar-refractivity contribution in [2.45, 2.75) is 124 Å². The Labute approximate surface area is 267 Å². The fraction of sp³-hybridized carbons (Fsp3) is 0.926. The molecule has 0 bridgehead atoms. The van der Waals surface area contributed by atoms with Gasteiger partial charge in [-0.3, -0.25) is 9.79 Å². The number of likely N-dealkylation sites (N-methyl/N-ethyl adjacent to an activating group) is 1. The topological polar surface area (TPSA) is 336 Å². The summed E-state index contributed by atoms with van der Waals surface area (Å²) in [5.41, 5.74) is 22.3. The summed E-state index contributed by atoms with van der Waals surface area (Å²) >= 11 is 0. The molecule has 0 aromatic heterocycles. The summed E-state index contributed by atoms with van der Waals surface area (Å²) in [6.07, 6.45) is -11.9. The van der Waals surface area contributed by atoms with Crippen LogP contribution in [0, 0.1) is 0 Å². The van der Waals surface area contributed by atoms with Crippen molar-refractivity contribution in [2.75, 3.05) is 33.4 Å².